The average molecular weight is 2520 g/mol. The lowest BCUT2D eigenvalue weighted by molar-refractivity contribution is -0.139. The Balaban J connectivity index is 0.000000301. The molecule has 137 heavy (non-hydrogen) atoms. The predicted molar refractivity (Wildman–Crippen MR) is 575 cm³/mol. The van der Waals surface area contributed by atoms with E-state index in [1.54, 1.807) is 13.8 Å². The summed E-state index contributed by atoms with van der Waals surface area (Å²) in [5, 5.41) is 0. The number of ether oxygens (including phenoxy) is 2. The number of hydrogen-bond donors (Lipinski definition) is 1. The summed E-state index contributed by atoms with van der Waals surface area (Å²) in [7, 11) is -126. The van der Waals surface area contributed by atoms with E-state index in [4.69, 9.17) is 181 Å². The lowest BCUT2D eigenvalue weighted by Gasteiger charge is -2.61. The van der Waals surface area contributed by atoms with Crippen LogP contribution in [-0.2, 0) is 180 Å². The van der Waals surface area contributed by atoms with Gasteiger partial charge >= 0.3 is 157 Å². The lowest BCUT2D eigenvalue weighted by Crippen LogP contribution is -2.93. The fraction of sp³-hybridized carbons (Fsp3) is 0.900. The number of esters is 2. The molecule has 12 heterocycles. The van der Waals surface area contributed by atoms with Gasteiger partial charge in [0.1, 0.15) is 0 Å². The Bertz CT molecular complexity index is 3900. The van der Waals surface area contributed by atoms with E-state index in [2.05, 4.69) is 26.3 Å². The summed E-state index contributed by atoms with van der Waals surface area (Å²) in [4.78, 5) is 36.3. The summed E-state index contributed by atoms with van der Waals surface area (Å²) in [6.45, 7) is 99.6. The summed E-state index contributed by atoms with van der Waals surface area (Å²) in [5.74, 6) is -0.813. The Morgan fingerprint density at radius 1 is 0.219 bits per heavy atom. The Kier molecular flexibility index (Phi) is 38.4. The van der Waals surface area contributed by atoms with Gasteiger partial charge in [-0.2, -0.15) is 11.1 Å². The van der Waals surface area contributed by atoms with E-state index in [-0.39, 0.29) is 18.1 Å². The molecule has 12 rings (SSSR count). The molecule has 12 saturated heterocycles. The van der Waals surface area contributed by atoms with Crippen molar-refractivity contribution in [1.82, 2.24) is 0 Å². The fourth-order valence-electron chi connectivity index (χ4n) is 12.8. The molecular weight excluding hydrogens is 2360 g/mol. The maximum Gasteiger partial charge on any atom is 0.659 e. The SMILES string of the molecule is C=C(C)C(=O)OCCC[Si](C)(C)Cl.C=C(C)C(=O)OCCC[Si](C)(C)O[Si]12O[Si]3(O[Si](C)(C)C)O[Si]4(O[Si](C)(C)C)O[Si]5(O[Si](C)(C)C)O[Si](O[Si](C)(C)C)(O3)O[Si](O[Si](C)(C)C)(O[Si](O[Si](C)(C)C)(O5)O[Si](O[Si](C)(C)C)(O4)O1)O2.C[Si](C)(C)O[Si]12O[Si]3(O)O[Si]4(O[Si](C)(C)C)O[Si](O[Si](C)(C)C)(O1)O[Si]1(O[Si](C)(C)C)O[Si](O[Si](C)(C)C)(O2)O[Si](O[Si](C)(C)C)(O3)O[Si](O[Si](C)(C)C)(O4)O1. The van der Waals surface area contributed by atoms with Gasteiger partial charge in [0.15, 0.2) is 132 Å². The number of carbonyl (C=O) groups excluding carboxylic acids is 2. The zero-order valence-corrected chi connectivity index (χ0v) is 123. The Morgan fingerprint density at radius 3 is 0.453 bits per heavy atom. The van der Waals surface area contributed by atoms with Crippen LogP contribution in [0.2, 0.25) is 313 Å². The van der Waals surface area contributed by atoms with Crippen LogP contribution in [0.15, 0.2) is 24.3 Å². The fourth-order valence-corrected chi connectivity index (χ4v) is 140. The molecule has 12 aliphatic heterocycles. The maximum atomic E-state index is 12.9. The monoisotopic (exact) mass is 2520 g/mol. The zero-order chi connectivity index (χ0) is 106. The van der Waals surface area contributed by atoms with Crippen molar-refractivity contribution in [1.29, 1.82) is 0 Å². The van der Waals surface area contributed by atoms with E-state index in [1.165, 1.54) is 0 Å². The first kappa shape index (κ1) is 126. The Morgan fingerprint density at radius 2 is 0.336 bits per heavy atom. The van der Waals surface area contributed by atoms with E-state index in [0.717, 1.165) is 12.5 Å². The van der Waals surface area contributed by atoms with Gasteiger partial charge in [-0.25, -0.2) is 9.59 Å². The minimum Gasteiger partial charge on any atom is -0.462 e. The van der Waals surface area contributed by atoms with Gasteiger partial charge < -0.3 is 175 Å². The first-order valence-corrected chi connectivity index (χ1v) is 127. The largest absolute Gasteiger partial charge is 0.659 e. The molecule has 800 valence electrons. The molecule has 0 aliphatic carbocycles. The minimum atomic E-state index is -5.37. The van der Waals surface area contributed by atoms with Crippen LogP contribution in [0.1, 0.15) is 26.7 Å². The van der Waals surface area contributed by atoms with Crippen LogP contribution >= 0.6 is 11.1 Å². The number of halogens is 1. The highest BCUT2D eigenvalue weighted by atomic mass is 35.6. The van der Waals surface area contributed by atoms with Gasteiger partial charge in [-0.3, -0.25) is 0 Å². The van der Waals surface area contributed by atoms with Crippen molar-refractivity contribution < 1.29 is 184 Å². The highest BCUT2D eigenvalue weighted by molar-refractivity contribution is 7.19. The number of carbonyl (C=O) groups is 2. The number of rotatable bonds is 40. The first-order valence-electron chi connectivity index (χ1n) is 45.6. The highest BCUT2D eigenvalue weighted by Crippen LogP contribution is 2.57. The van der Waals surface area contributed by atoms with Crippen LogP contribution in [0.25, 0.3) is 0 Å². The van der Waals surface area contributed by atoms with Crippen LogP contribution < -0.4 is 0 Å². The predicted octanol–water partition coefficient (Wildman–Crippen LogP) is 15.1. The second kappa shape index (κ2) is 41.6. The third-order valence-corrected chi connectivity index (χ3v) is 119. The molecule has 0 atom stereocenters. The number of hydrogen-bond acceptors (Lipinski definition) is 44. The molecule has 0 amide bonds. The molecule has 0 aromatic carbocycles. The van der Waals surface area contributed by atoms with E-state index >= 15 is 0 Å². The molecule has 0 unspecified atom stereocenters. The van der Waals surface area contributed by atoms with Crippen LogP contribution in [-0.4, -0.2) is 307 Å². The van der Waals surface area contributed by atoms with Gasteiger partial charge in [-0.05, 0) is 327 Å². The van der Waals surface area contributed by atoms with E-state index in [0.29, 0.717) is 24.6 Å². The van der Waals surface area contributed by atoms with Crippen molar-refractivity contribution in [3.05, 3.63) is 24.3 Å². The van der Waals surface area contributed by atoms with Gasteiger partial charge in [0.05, 0.1) is 13.2 Å². The van der Waals surface area contributed by atoms with Gasteiger partial charge in [-0.1, -0.05) is 26.3 Å². The summed E-state index contributed by atoms with van der Waals surface area (Å²) >= 11 is 6.09. The van der Waals surface area contributed by atoms with Gasteiger partial charge in [0, 0.05) is 11.1 Å². The van der Waals surface area contributed by atoms with Crippen LogP contribution in [0.4, 0.5) is 0 Å². The smallest absolute Gasteiger partial charge is 0.462 e. The third-order valence-electron chi connectivity index (χ3n) is 15.5. The summed E-state index contributed by atoms with van der Waals surface area (Å²) in [6, 6.07) is 1.37. The topological polar surface area (TPSA) is 433 Å². The third kappa shape index (κ3) is 38.9. The normalized spacial score (nSPS) is 35.9. The average Bonchev–Trinajstić information content (AvgIpc) is 0.682. The summed E-state index contributed by atoms with van der Waals surface area (Å²) < 4.78 is 289. The van der Waals surface area contributed by atoms with Crippen molar-refractivity contribution in [3.8, 4) is 0 Å². The quantitative estimate of drug-likeness (QED) is 0.0196. The summed E-state index contributed by atoms with van der Waals surface area (Å²) in [6.07, 6.45) is 1.24. The van der Waals surface area contributed by atoms with Gasteiger partial charge in [0.25, 0.3) is 0 Å². The molecule has 0 saturated carbocycles. The van der Waals surface area contributed by atoms with Crippen molar-refractivity contribution in [3.63, 3.8) is 0 Å². The Hall–Kier alpha value is 4.05. The van der Waals surface area contributed by atoms with E-state index < -0.39 is 283 Å². The minimum absolute atomic E-state index is 0.0865. The molecule has 0 aromatic rings. The van der Waals surface area contributed by atoms with Gasteiger partial charge in [-0.15, -0.1) is 0 Å². The van der Waals surface area contributed by atoms with E-state index in [9.17, 15) is 14.4 Å². The van der Waals surface area contributed by atoms with Crippen molar-refractivity contribution in [2.45, 2.75) is 340 Å². The second-order valence-corrected chi connectivity index (χ2v) is 167. The molecule has 1 N–H and O–H groups in total. The van der Waals surface area contributed by atoms with Crippen LogP contribution in [0, 0.1) is 0 Å². The highest BCUT2D eigenvalue weighted by Gasteiger charge is 2.95. The van der Waals surface area contributed by atoms with Gasteiger partial charge in [0.2, 0.25) is 0 Å². The Labute approximate surface area is 854 Å². The molecule has 44 nitrogen and oxygen atoms in total. The van der Waals surface area contributed by atoms with E-state index in [1.807, 2.05) is 288 Å². The molecule has 12 fully saturated rings. The molecule has 0 spiro atoms. The molecule has 16 bridgehead atoms. The molecule has 12 aliphatic rings. The maximum absolute atomic E-state index is 12.9. The lowest BCUT2D eigenvalue weighted by atomic mass is 10.4. The molecule has 0 radical (unpaired) electrons. The first-order chi connectivity index (χ1) is 60.2. The van der Waals surface area contributed by atoms with Crippen LogP contribution in [0.3, 0.4) is 0 Å². The molecular formula is C60H161ClO44Si32. The second-order valence-electron chi connectivity index (χ2n) is 49.1. The van der Waals surface area contributed by atoms with Crippen molar-refractivity contribution in [2.24, 2.45) is 0 Å². The van der Waals surface area contributed by atoms with Crippen LogP contribution in [0.5, 0.6) is 0 Å². The summed E-state index contributed by atoms with van der Waals surface area (Å²) in [5.41, 5.74) is 0.731. The van der Waals surface area contributed by atoms with Crippen molar-refractivity contribution in [2.75, 3.05) is 13.2 Å². The molecule has 77 heteroatoms. The molecule has 0 aromatic heterocycles. The standard InChI is InChI=1S/C30H80O22Si16.C21H64O20Si15.C9H17ClO2Si/c1-29(2)30(31)32-27-26-28-60(24,25)40-68-50-65(37-57(15,16)17)44-62(34-54(6,7)8)41-61(33-53(3,4)5)42-63(46-65,35-55(9,10)11)48-67(52-68,39-59(21,22)23)49-64(43-61,36-56(12,13)14)47-66(45-62,51-68)38-58(18,19)20;1-42(2,3)23-50-30-49(22)31-51(24-43(4,5)6)35-53(33-50,26-45(10,11)12)39-56(29-48(19,20)21)40-54(34-50,27-46(13,14)15)36-52(32-49,25-44(7,8)9)38-55(37-51,41-56)28-47(16,17)18;1-8(2)9(11)12-6-5-7-13(3,4)10/h1,26-28H2,2-25H3;22H,1-21H3;1,5-7H2,2-4H3. The zero-order valence-electron chi connectivity index (χ0n) is 90.0. The van der Waals surface area contributed by atoms with Crippen molar-refractivity contribution >= 4 is 300 Å².